The number of carbonyl (C=O) groups excluding carboxylic acids is 2. The lowest BCUT2D eigenvalue weighted by Gasteiger charge is -2.02. The Morgan fingerprint density at radius 1 is 1.60 bits per heavy atom. The SMILES string of the molecule is C=CCC1CCC(=O)O1.CCC(=O)Nc1co[nH]c1=O. The highest BCUT2D eigenvalue weighted by Gasteiger charge is 2.21. The average Bonchev–Trinajstić information content (AvgIpc) is 3.00. The summed E-state index contributed by atoms with van der Waals surface area (Å²) in [5.41, 5.74) is -0.274. The number of anilines is 1. The van der Waals surface area contributed by atoms with Gasteiger partial charge in [0.05, 0.1) is 0 Å². The number of ether oxygens (including phenoxy) is 1. The molecule has 1 atom stereocenters. The Morgan fingerprint density at radius 3 is 2.80 bits per heavy atom. The second kappa shape index (κ2) is 7.98. The van der Waals surface area contributed by atoms with Crippen molar-refractivity contribution in [3.05, 3.63) is 29.3 Å². The van der Waals surface area contributed by atoms with Crippen molar-refractivity contribution in [1.29, 1.82) is 0 Å². The largest absolute Gasteiger partial charge is 0.462 e. The van der Waals surface area contributed by atoms with E-state index >= 15 is 0 Å². The lowest BCUT2D eigenvalue weighted by molar-refractivity contribution is -0.141. The zero-order valence-electron chi connectivity index (χ0n) is 11.3. The molecule has 1 saturated heterocycles. The summed E-state index contributed by atoms with van der Waals surface area (Å²) in [5, 5.41) is 4.42. The average molecular weight is 282 g/mol. The molecule has 1 aliphatic heterocycles. The highest BCUT2D eigenvalue weighted by Crippen LogP contribution is 2.16. The molecule has 1 aromatic rings. The van der Waals surface area contributed by atoms with E-state index in [-0.39, 0.29) is 23.7 Å². The maximum atomic E-state index is 10.7. The third-order valence-electron chi connectivity index (χ3n) is 2.57. The van der Waals surface area contributed by atoms with E-state index in [0.717, 1.165) is 19.1 Å². The van der Waals surface area contributed by atoms with Crippen LogP contribution in [0.4, 0.5) is 5.69 Å². The first kappa shape index (κ1) is 15.7. The van der Waals surface area contributed by atoms with Crippen molar-refractivity contribution in [2.45, 2.75) is 38.7 Å². The molecule has 1 aliphatic rings. The third-order valence-corrected chi connectivity index (χ3v) is 2.57. The predicted molar refractivity (Wildman–Crippen MR) is 72.2 cm³/mol. The maximum Gasteiger partial charge on any atom is 0.306 e. The molecule has 0 saturated carbocycles. The van der Waals surface area contributed by atoms with Crippen molar-refractivity contribution in [2.24, 2.45) is 0 Å². The summed E-state index contributed by atoms with van der Waals surface area (Å²) in [6.45, 7) is 5.26. The molecule has 0 aliphatic carbocycles. The predicted octanol–water partition coefficient (Wildman–Crippen LogP) is 1.58. The van der Waals surface area contributed by atoms with E-state index in [1.165, 1.54) is 0 Å². The molecule has 0 radical (unpaired) electrons. The second-order valence-electron chi connectivity index (χ2n) is 4.16. The van der Waals surface area contributed by atoms with Gasteiger partial charge in [0.1, 0.15) is 18.1 Å². The number of amides is 1. The Labute approximate surface area is 116 Å². The van der Waals surface area contributed by atoms with Crippen LogP contribution in [0.1, 0.15) is 32.6 Å². The van der Waals surface area contributed by atoms with E-state index in [1.807, 2.05) is 0 Å². The second-order valence-corrected chi connectivity index (χ2v) is 4.16. The number of nitrogens with one attached hydrogen (secondary N) is 2. The first-order valence-electron chi connectivity index (χ1n) is 6.33. The topological polar surface area (TPSA) is 101 Å². The molecule has 7 nitrogen and oxygen atoms in total. The van der Waals surface area contributed by atoms with E-state index in [2.05, 4.69) is 21.6 Å². The summed E-state index contributed by atoms with van der Waals surface area (Å²) in [5.74, 6) is -0.279. The molecule has 2 heterocycles. The van der Waals surface area contributed by atoms with Gasteiger partial charge in [0, 0.05) is 19.3 Å². The van der Waals surface area contributed by atoms with Crippen LogP contribution in [0, 0.1) is 0 Å². The lowest BCUT2D eigenvalue weighted by Crippen LogP contribution is -2.15. The van der Waals surface area contributed by atoms with Crippen LogP contribution in [0.15, 0.2) is 28.2 Å². The van der Waals surface area contributed by atoms with Crippen LogP contribution in [0.5, 0.6) is 0 Å². The van der Waals surface area contributed by atoms with Gasteiger partial charge in [-0.1, -0.05) is 13.0 Å². The fourth-order valence-corrected chi connectivity index (χ4v) is 1.51. The molecule has 1 fully saturated rings. The van der Waals surface area contributed by atoms with Crippen molar-refractivity contribution < 1.29 is 18.8 Å². The zero-order chi connectivity index (χ0) is 15.0. The fourth-order valence-electron chi connectivity index (χ4n) is 1.51. The molecule has 0 bridgehead atoms. The minimum absolute atomic E-state index is 0.0677. The number of hydrogen-bond donors (Lipinski definition) is 2. The number of carbonyl (C=O) groups is 2. The summed E-state index contributed by atoms with van der Waals surface area (Å²) in [7, 11) is 0. The lowest BCUT2D eigenvalue weighted by atomic mass is 10.2. The highest BCUT2D eigenvalue weighted by molar-refractivity contribution is 5.89. The molecule has 7 heteroatoms. The first-order chi connectivity index (χ1) is 9.56. The van der Waals surface area contributed by atoms with Gasteiger partial charge in [0.25, 0.3) is 0 Å². The highest BCUT2D eigenvalue weighted by atomic mass is 16.5. The monoisotopic (exact) mass is 282 g/mol. The smallest absolute Gasteiger partial charge is 0.306 e. The molecule has 1 unspecified atom stereocenters. The molecule has 0 spiro atoms. The third kappa shape index (κ3) is 5.13. The van der Waals surface area contributed by atoms with Gasteiger partial charge in [-0.15, -0.1) is 6.58 Å². The molecule has 2 rings (SSSR count). The molecular formula is C13H18N2O5. The molecular weight excluding hydrogens is 264 g/mol. The van der Waals surface area contributed by atoms with Crippen molar-refractivity contribution >= 4 is 17.6 Å². The van der Waals surface area contributed by atoms with Crippen LogP contribution in [0.2, 0.25) is 0 Å². The normalized spacial score (nSPS) is 16.9. The quantitative estimate of drug-likeness (QED) is 0.645. The number of cyclic esters (lactones) is 1. The standard InChI is InChI=1S/C7H10O2.C6H8N2O3/c1-2-3-6-4-5-7(8)9-6;1-2-5(9)7-4-3-11-8-6(4)10/h2,6H,1,3-5H2;3H,2H2,1H3,(H,7,9)(H,8,10). The van der Waals surface area contributed by atoms with Crippen LogP contribution in [0.25, 0.3) is 0 Å². The van der Waals surface area contributed by atoms with Crippen LogP contribution in [-0.2, 0) is 14.3 Å². The van der Waals surface area contributed by atoms with Crippen LogP contribution in [0.3, 0.4) is 0 Å². The van der Waals surface area contributed by atoms with E-state index in [9.17, 15) is 14.4 Å². The number of aromatic nitrogens is 1. The van der Waals surface area contributed by atoms with Gasteiger partial charge in [-0.05, 0) is 6.42 Å². The van der Waals surface area contributed by atoms with Gasteiger partial charge >= 0.3 is 11.5 Å². The molecule has 0 aromatic carbocycles. The number of hydrogen-bond acceptors (Lipinski definition) is 5. The van der Waals surface area contributed by atoms with Crippen molar-refractivity contribution in [1.82, 2.24) is 5.16 Å². The molecule has 110 valence electrons. The van der Waals surface area contributed by atoms with E-state index in [1.54, 1.807) is 13.0 Å². The minimum Gasteiger partial charge on any atom is -0.462 e. The summed E-state index contributed by atoms with van der Waals surface area (Å²) < 4.78 is 9.33. The molecule has 20 heavy (non-hydrogen) atoms. The summed E-state index contributed by atoms with van der Waals surface area (Å²) in [4.78, 5) is 31.9. The van der Waals surface area contributed by atoms with Gasteiger partial charge in [-0.25, -0.2) is 0 Å². The molecule has 1 amide bonds. The van der Waals surface area contributed by atoms with Crippen molar-refractivity contribution in [3.63, 3.8) is 0 Å². The number of H-pyrrole nitrogens is 1. The Bertz CT molecular complexity index is 517. The van der Waals surface area contributed by atoms with Gasteiger partial charge in [0.15, 0.2) is 0 Å². The summed E-state index contributed by atoms with van der Waals surface area (Å²) in [6.07, 6.45) is 5.65. The number of esters is 1. The Morgan fingerprint density at radius 2 is 2.35 bits per heavy atom. The van der Waals surface area contributed by atoms with E-state index in [4.69, 9.17) is 4.74 Å². The molecule has 2 N–H and O–H groups in total. The Balaban J connectivity index is 0.000000204. The van der Waals surface area contributed by atoms with Crippen molar-refractivity contribution in [2.75, 3.05) is 5.32 Å². The Kier molecular flexibility index (Phi) is 6.28. The molecule has 1 aromatic heterocycles. The fraction of sp³-hybridized carbons (Fsp3) is 0.462. The zero-order valence-corrected chi connectivity index (χ0v) is 11.3. The van der Waals surface area contributed by atoms with E-state index in [0.29, 0.717) is 12.8 Å². The number of aromatic amines is 1. The van der Waals surface area contributed by atoms with Gasteiger partial charge in [-0.2, -0.15) is 5.16 Å². The van der Waals surface area contributed by atoms with E-state index < -0.39 is 5.56 Å². The van der Waals surface area contributed by atoms with Crippen LogP contribution >= 0.6 is 0 Å². The Hall–Kier alpha value is -2.31. The van der Waals surface area contributed by atoms with Gasteiger partial charge < -0.3 is 14.6 Å². The first-order valence-corrected chi connectivity index (χ1v) is 6.33. The number of rotatable bonds is 4. The van der Waals surface area contributed by atoms with Gasteiger partial charge in [-0.3, -0.25) is 14.4 Å². The van der Waals surface area contributed by atoms with Crippen molar-refractivity contribution in [3.8, 4) is 0 Å². The van der Waals surface area contributed by atoms with Crippen LogP contribution in [-0.4, -0.2) is 23.1 Å². The summed E-state index contributed by atoms with van der Waals surface area (Å²) in [6, 6.07) is 0. The minimum atomic E-state index is -0.424. The maximum absolute atomic E-state index is 10.7. The summed E-state index contributed by atoms with van der Waals surface area (Å²) >= 11 is 0. The van der Waals surface area contributed by atoms with Gasteiger partial charge in [0.2, 0.25) is 5.91 Å². The van der Waals surface area contributed by atoms with Crippen LogP contribution < -0.4 is 10.9 Å².